The molecule has 4 nitrogen and oxygen atoms in total. The normalized spacial score (nSPS) is 9.89. The van der Waals surface area contributed by atoms with E-state index in [0.29, 0.717) is 34.9 Å². The molecule has 18 heavy (non-hydrogen) atoms. The molecular weight excluding hydrogens is 364 g/mol. The van der Waals surface area contributed by atoms with Crippen LogP contribution in [0.5, 0.6) is 0 Å². The standard InChI is InChI=1S/C12H14Br2N2O2/c13-4-6-15-11(17)9-2-1-3-10(8-9)12(18)16-7-5-14/h1-3,8H,4-7H2,(H,15,17)(H,16,18). The molecule has 1 rings (SSSR count). The van der Waals surface area contributed by atoms with Gasteiger partial charge < -0.3 is 10.6 Å². The Hall–Kier alpha value is -0.880. The van der Waals surface area contributed by atoms with E-state index in [1.165, 1.54) is 0 Å². The van der Waals surface area contributed by atoms with Gasteiger partial charge in [0.05, 0.1) is 0 Å². The van der Waals surface area contributed by atoms with Gasteiger partial charge in [0.25, 0.3) is 11.8 Å². The van der Waals surface area contributed by atoms with Crippen LogP contribution in [0.4, 0.5) is 0 Å². The lowest BCUT2D eigenvalue weighted by Crippen LogP contribution is -2.27. The molecule has 1 aromatic carbocycles. The maximum atomic E-state index is 11.7. The topological polar surface area (TPSA) is 58.2 Å². The molecule has 0 saturated carbocycles. The number of alkyl halides is 2. The Kier molecular flexibility index (Phi) is 6.97. The van der Waals surface area contributed by atoms with E-state index in [9.17, 15) is 9.59 Å². The molecule has 0 spiro atoms. The summed E-state index contributed by atoms with van der Waals surface area (Å²) in [4.78, 5) is 23.4. The van der Waals surface area contributed by atoms with Crippen molar-refractivity contribution in [1.29, 1.82) is 0 Å². The van der Waals surface area contributed by atoms with Gasteiger partial charge in [-0.15, -0.1) is 0 Å². The summed E-state index contributed by atoms with van der Waals surface area (Å²) in [5, 5.41) is 6.86. The van der Waals surface area contributed by atoms with E-state index in [2.05, 4.69) is 42.5 Å². The number of rotatable bonds is 6. The third kappa shape index (κ3) is 4.78. The van der Waals surface area contributed by atoms with Crippen LogP contribution in [0.3, 0.4) is 0 Å². The summed E-state index contributed by atoms with van der Waals surface area (Å²) in [7, 11) is 0. The summed E-state index contributed by atoms with van der Waals surface area (Å²) in [6, 6.07) is 6.66. The van der Waals surface area contributed by atoms with Crippen LogP contribution in [0.25, 0.3) is 0 Å². The molecule has 0 aliphatic heterocycles. The molecule has 0 aliphatic carbocycles. The lowest BCUT2D eigenvalue weighted by Gasteiger charge is -2.06. The van der Waals surface area contributed by atoms with E-state index in [1.54, 1.807) is 24.3 Å². The third-order valence-corrected chi connectivity index (χ3v) is 2.94. The predicted octanol–water partition coefficient (Wildman–Crippen LogP) is 1.94. The molecule has 0 radical (unpaired) electrons. The molecule has 2 amide bonds. The van der Waals surface area contributed by atoms with Crippen molar-refractivity contribution in [3.63, 3.8) is 0 Å². The van der Waals surface area contributed by atoms with Crippen LogP contribution >= 0.6 is 31.9 Å². The first kappa shape index (κ1) is 15.2. The summed E-state index contributed by atoms with van der Waals surface area (Å²) in [6.07, 6.45) is 0. The van der Waals surface area contributed by atoms with Gasteiger partial charge in [0.2, 0.25) is 0 Å². The Bertz CT molecular complexity index is 389. The summed E-state index contributed by atoms with van der Waals surface area (Å²) < 4.78 is 0. The Morgan fingerprint density at radius 1 is 0.944 bits per heavy atom. The van der Waals surface area contributed by atoms with Crippen LogP contribution in [-0.2, 0) is 0 Å². The number of halogens is 2. The molecule has 0 bridgehead atoms. The van der Waals surface area contributed by atoms with Gasteiger partial charge in [-0.05, 0) is 18.2 Å². The number of hydrogen-bond acceptors (Lipinski definition) is 2. The van der Waals surface area contributed by atoms with Gasteiger partial charge in [-0.1, -0.05) is 37.9 Å². The van der Waals surface area contributed by atoms with Gasteiger partial charge in [0.1, 0.15) is 0 Å². The first-order valence-corrected chi connectivity index (χ1v) is 7.71. The molecule has 0 aliphatic rings. The van der Waals surface area contributed by atoms with Crippen molar-refractivity contribution < 1.29 is 9.59 Å². The quantitative estimate of drug-likeness (QED) is 0.744. The Labute approximate surface area is 123 Å². The van der Waals surface area contributed by atoms with Gasteiger partial charge in [0.15, 0.2) is 0 Å². The molecule has 0 aromatic heterocycles. The van der Waals surface area contributed by atoms with Crippen LogP contribution in [0.1, 0.15) is 20.7 Å². The first-order chi connectivity index (χ1) is 8.69. The molecule has 0 atom stereocenters. The number of benzene rings is 1. The van der Waals surface area contributed by atoms with Crippen LogP contribution in [0, 0.1) is 0 Å². The van der Waals surface area contributed by atoms with Crippen molar-refractivity contribution in [3.05, 3.63) is 35.4 Å². The second kappa shape index (κ2) is 8.26. The highest BCUT2D eigenvalue weighted by Crippen LogP contribution is 2.05. The number of amides is 2. The van der Waals surface area contributed by atoms with E-state index in [1.807, 2.05) is 0 Å². The lowest BCUT2D eigenvalue weighted by atomic mass is 10.1. The van der Waals surface area contributed by atoms with Gasteiger partial charge in [0, 0.05) is 34.9 Å². The van der Waals surface area contributed by atoms with E-state index in [0.717, 1.165) is 0 Å². The monoisotopic (exact) mass is 376 g/mol. The average Bonchev–Trinajstić information content (AvgIpc) is 2.42. The smallest absolute Gasteiger partial charge is 0.251 e. The average molecular weight is 378 g/mol. The summed E-state index contributed by atoms with van der Waals surface area (Å²) in [6.45, 7) is 1.11. The fourth-order valence-corrected chi connectivity index (χ4v) is 1.72. The van der Waals surface area contributed by atoms with Gasteiger partial charge in [-0.3, -0.25) is 9.59 Å². The number of nitrogens with one attached hydrogen (secondary N) is 2. The third-order valence-electron chi connectivity index (χ3n) is 2.15. The highest BCUT2D eigenvalue weighted by atomic mass is 79.9. The van der Waals surface area contributed by atoms with E-state index < -0.39 is 0 Å². The van der Waals surface area contributed by atoms with Crippen molar-refractivity contribution in [1.82, 2.24) is 10.6 Å². The Morgan fingerprint density at radius 2 is 1.39 bits per heavy atom. The summed E-state index contributed by atoms with van der Waals surface area (Å²) >= 11 is 6.47. The van der Waals surface area contributed by atoms with Gasteiger partial charge >= 0.3 is 0 Å². The minimum Gasteiger partial charge on any atom is -0.351 e. The highest BCUT2D eigenvalue weighted by molar-refractivity contribution is 9.09. The zero-order valence-electron chi connectivity index (χ0n) is 9.71. The van der Waals surface area contributed by atoms with Crippen molar-refractivity contribution in [2.45, 2.75) is 0 Å². The second-order valence-electron chi connectivity index (χ2n) is 3.47. The maximum absolute atomic E-state index is 11.7. The summed E-state index contributed by atoms with van der Waals surface area (Å²) in [5.74, 6) is -0.353. The molecule has 1 aromatic rings. The highest BCUT2D eigenvalue weighted by Gasteiger charge is 2.09. The van der Waals surface area contributed by atoms with E-state index in [4.69, 9.17) is 0 Å². The largest absolute Gasteiger partial charge is 0.351 e. The minimum atomic E-state index is -0.176. The van der Waals surface area contributed by atoms with Gasteiger partial charge in [-0.25, -0.2) is 0 Å². The zero-order valence-corrected chi connectivity index (χ0v) is 12.9. The van der Waals surface area contributed by atoms with E-state index in [-0.39, 0.29) is 11.8 Å². The molecule has 0 unspecified atom stereocenters. The summed E-state index contributed by atoms with van der Waals surface area (Å²) in [5.41, 5.74) is 0.977. The maximum Gasteiger partial charge on any atom is 0.251 e. The second-order valence-corrected chi connectivity index (χ2v) is 5.06. The van der Waals surface area contributed by atoms with Crippen LogP contribution in [-0.4, -0.2) is 35.6 Å². The zero-order chi connectivity index (χ0) is 13.4. The van der Waals surface area contributed by atoms with E-state index >= 15 is 0 Å². The van der Waals surface area contributed by atoms with Crippen molar-refractivity contribution in [3.8, 4) is 0 Å². The molecule has 98 valence electrons. The molecule has 2 N–H and O–H groups in total. The number of hydrogen-bond donors (Lipinski definition) is 2. The number of carbonyl (C=O) groups excluding carboxylic acids is 2. The van der Waals surface area contributed by atoms with Crippen LogP contribution < -0.4 is 10.6 Å². The number of carbonyl (C=O) groups is 2. The Balaban J connectivity index is 2.72. The van der Waals surface area contributed by atoms with Crippen molar-refractivity contribution >= 4 is 43.7 Å². The lowest BCUT2D eigenvalue weighted by molar-refractivity contribution is 0.0955. The Morgan fingerprint density at radius 3 is 1.78 bits per heavy atom. The van der Waals surface area contributed by atoms with Crippen molar-refractivity contribution in [2.24, 2.45) is 0 Å². The SMILES string of the molecule is O=C(NCCBr)c1cccc(C(=O)NCCBr)c1. The molecule has 0 saturated heterocycles. The molecule has 0 fully saturated rings. The predicted molar refractivity (Wildman–Crippen MR) is 78.7 cm³/mol. The fraction of sp³-hybridized carbons (Fsp3) is 0.333. The van der Waals surface area contributed by atoms with Crippen molar-refractivity contribution in [2.75, 3.05) is 23.7 Å². The molecule has 0 heterocycles. The molecule has 6 heteroatoms. The minimum absolute atomic E-state index is 0.176. The van der Waals surface area contributed by atoms with Crippen LogP contribution in [0.15, 0.2) is 24.3 Å². The molecular formula is C12H14Br2N2O2. The van der Waals surface area contributed by atoms with Crippen LogP contribution in [0.2, 0.25) is 0 Å². The fourth-order valence-electron chi connectivity index (χ4n) is 1.33. The van der Waals surface area contributed by atoms with Gasteiger partial charge in [-0.2, -0.15) is 0 Å². The first-order valence-electron chi connectivity index (χ1n) is 5.47.